The van der Waals surface area contributed by atoms with Gasteiger partial charge in [0.15, 0.2) is 0 Å². The van der Waals surface area contributed by atoms with E-state index in [1.807, 2.05) is 6.92 Å². The molecule has 0 aliphatic rings. The Labute approximate surface area is 101 Å². The Hall–Kier alpha value is -1.13. The molecule has 0 aliphatic heterocycles. The van der Waals surface area contributed by atoms with E-state index < -0.39 is 6.10 Å². The van der Waals surface area contributed by atoms with E-state index in [0.29, 0.717) is 31.1 Å². The fraction of sp³-hybridized carbons (Fsp3) is 0.538. The molecule has 3 nitrogen and oxygen atoms in total. The zero-order valence-corrected chi connectivity index (χ0v) is 10.3. The van der Waals surface area contributed by atoms with Crippen molar-refractivity contribution in [2.45, 2.75) is 26.4 Å². The quantitative estimate of drug-likeness (QED) is 0.747. The number of aliphatic hydroxyl groups is 1. The van der Waals surface area contributed by atoms with Crippen LogP contribution in [0.5, 0.6) is 5.75 Å². The maximum atomic E-state index is 13.1. The van der Waals surface area contributed by atoms with E-state index in [4.69, 9.17) is 9.47 Å². The van der Waals surface area contributed by atoms with E-state index in [1.54, 1.807) is 6.92 Å². The highest BCUT2D eigenvalue weighted by Gasteiger charge is 2.10. The lowest BCUT2D eigenvalue weighted by atomic mass is 10.1. The molecule has 0 saturated carbocycles. The largest absolute Gasteiger partial charge is 0.493 e. The fourth-order valence-electron chi connectivity index (χ4n) is 1.47. The van der Waals surface area contributed by atoms with E-state index in [2.05, 4.69) is 0 Å². The molecule has 0 fully saturated rings. The molecule has 96 valence electrons. The average molecular weight is 242 g/mol. The predicted molar refractivity (Wildman–Crippen MR) is 63.6 cm³/mol. The van der Waals surface area contributed by atoms with E-state index in [9.17, 15) is 9.50 Å². The first-order valence-electron chi connectivity index (χ1n) is 5.83. The van der Waals surface area contributed by atoms with Gasteiger partial charge in [-0.05, 0) is 26.0 Å². The van der Waals surface area contributed by atoms with Crippen LogP contribution in [0.4, 0.5) is 4.39 Å². The molecule has 1 N–H and O–H groups in total. The number of hydrogen-bond donors (Lipinski definition) is 1. The Balaban J connectivity index is 2.53. The van der Waals surface area contributed by atoms with Gasteiger partial charge >= 0.3 is 0 Å². The van der Waals surface area contributed by atoms with Crippen molar-refractivity contribution in [2.24, 2.45) is 0 Å². The van der Waals surface area contributed by atoms with Crippen molar-refractivity contribution < 1.29 is 19.0 Å². The molecule has 1 aromatic carbocycles. The monoisotopic (exact) mass is 242 g/mol. The number of rotatable bonds is 7. The number of hydrogen-bond acceptors (Lipinski definition) is 3. The molecule has 0 bridgehead atoms. The summed E-state index contributed by atoms with van der Waals surface area (Å²) in [6.07, 6.45) is 0.0707. The Kier molecular flexibility index (Phi) is 5.94. The van der Waals surface area contributed by atoms with Gasteiger partial charge in [-0.1, -0.05) is 0 Å². The molecule has 0 unspecified atom stereocenters. The summed E-state index contributed by atoms with van der Waals surface area (Å²) in [4.78, 5) is 0. The molecule has 0 aliphatic carbocycles. The lowest BCUT2D eigenvalue weighted by Crippen LogP contribution is -2.05. The molecule has 1 aromatic rings. The second kappa shape index (κ2) is 7.25. The van der Waals surface area contributed by atoms with Crippen molar-refractivity contribution in [3.8, 4) is 5.75 Å². The molecular weight excluding hydrogens is 223 g/mol. The number of aliphatic hydroxyl groups excluding tert-OH is 1. The fourth-order valence-corrected chi connectivity index (χ4v) is 1.47. The van der Waals surface area contributed by atoms with E-state index in [1.165, 1.54) is 18.2 Å². The van der Waals surface area contributed by atoms with E-state index in [-0.39, 0.29) is 5.82 Å². The summed E-state index contributed by atoms with van der Waals surface area (Å²) in [6.45, 7) is 5.30. The van der Waals surface area contributed by atoms with Crippen LogP contribution in [0.25, 0.3) is 0 Å². The topological polar surface area (TPSA) is 38.7 Å². The van der Waals surface area contributed by atoms with Crippen molar-refractivity contribution in [3.63, 3.8) is 0 Å². The zero-order chi connectivity index (χ0) is 12.7. The third-order valence-corrected chi connectivity index (χ3v) is 2.32. The van der Waals surface area contributed by atoms with Crippen LogP contribution in [0.15, 0.2) is 18.2 Å². The van der Waals surface area contributed by atoms with Crippen LogP contribution in [0.2, 0.25) is 0 Å². The summed E-state index contributed by atoms with van der Waals surface area (Å²) >= 11 is 0. The van der Waals surface area contributed by atoms with Gasteiger partial charge in [0.2, 0.25) is 0 Å². The lowest BCUT2D eigenvalue weighted by molar-refractivity contribution is 0.129. The Morgan fingerprint density at radius 3 is 2.76 bits per heavy atom. The van der Waals surface area contributed by atoms with Crippen molar-refractivity contribution >= 4 is 0 Å². The molecule has 0 heterocycles. The highest BCUT2D eigenvalue weighted by atomic mass is 19.1. The standard InChI is InChI=1S/C13H19FO3/c1-3-16-7-4-8-17-13-9-11(14)5-6-12(13)10(2)15/h5-6,9-10,15H,3-4,7-8H2,1-2H3/t10-/m0/s1. The number of ether oxygens (including phenoxy) is 2. The van der Waals surface area contributed by atoms with Crippen LogP contribution in [-0.4, -0.2) is 24.9 Å². The summed E-state index contributed by atoms with van der Waals surface area (Å²) in [5.74, 6) is 0.0331. The van der Waals surface area contributed by atoms with Gasteiger partial charge in [0.05, 0.1) is 12.7 Å². The minimum absolute atomic E-state index is 0.366. The van der Waals surface area contributed by atoms with E-state index in [0.717, 1.165) is 6.42 Å². The molecule has 1 atom stereocenters. The summed E-state index contributed by atoms with van der Waals surface area (Å²) in [5, 5.41) is 9.51. The predicted octanol–water partition coefficient (Wildman–Crippen LogP) is 2.68. The third-order valence-electron chi connectivity index (χ3n) is 2.32. The summed E-state index contributed by atoms with van der Waals surface area (Å²) < 4.78 is 23.7. The third kappa shape index (κ3) is 4.71. The highest BCUT2D eigenvalue weighted by molar-refractivity contribution is 5.35. The normalized spacial score (nSPS) is 12.5. The number of benzene rings is 1. The summed E-state index contributed by atoms with van der Waals surface area (Å²) in [7, 11) is 0. The molecule has 0 spiro atoms. The van der Waals surface area contributed by atoms with Crippen LogP contribution in [0, 0.1) is 5.82 Å². The Morgan fingerprint density at radius 2 is 2.12 bits per heavy atom. The summed E-state index contributed by atoms with van der Waals surface area (Å²) in [6, 6.07) is 4.15. The molecule has 0 aromatic heterocycles. The summed E-state index contributed by atoms with van der Waals surface area (Å²) in [5.41, 5.74) is 0.600. The van der Waals surface area contributed by atoms with Crippen LogP contribution in [-0.2, 0) is 4.74 Å². The minimum Gasteiger partial charge on any atom is -0.493 e. The molecule has 4 heteroatoms. The van der Waals surface area contributed by atoms with Crippen molar-refractivity contribution in [2.75, 3.05) is 19.8 Å². The number of halogens is 1. The smallest absolute Gasteiger partial charge is 0.127 e. The second-order valence-corrected chi connectivity index (χ2v) is 3.76. The minimum atomic E-state index is -0.669. The Morgan fingerprint density at radius 1 is 1.35 bits per heavy atom. The maximum Gasteiger partial charge on any atom is 0.127 e. The van der Waals surface area contributed by atoms with Crippen LogP contribution in [0.3, 0.4) is 0 Å². The second-order valence-electron chi connectivity index (χ2n) is 3.76. The van der Waals surface area contributed by atoms with Gasteiger partial charge in [-0.25, -0.2) is 4.39 Å². The molecule has 0 saturated heterocycles. The Bertz CT molecular complexity index is 339. The average Bonchev–Trinajstić information content (AvgIpc) is 2.28. The van der Waals surface area contributed by atoms with Crippen LogP contribution in [0.1, 0.15) is 31.9 Å². The molecule has 17 heavy (non-hydrogen) atoms. The van der Waals surface area contributed by atoms with Crippen molar-refractivity contribution in [1.29, 1.82) is 0 Å². The SMILES string of the molecule is CCOCCCOc1cc(F)ccc1[C@H](C)O. The van der Waals surface area contributed by atoms with E-state index >= 15 is 0 Å². The van der Waals surface area contributed by atoms with Crippen molar-refractivity contribution in [1.82, 2.24) is 0 Å². The van der Waals surface area contributed by atoms with Gasteiger partial charge in [0.25, 0.3) is 0 Å². The molecular formula is C13H19FO3. The highest BCUT2D eigenvalue weighted by Crippen LogP contribution is 2.26. The van der Waals surface area contributed by atoms with Gasteiger partial charge in [-0.2, -0.15) is 0 Å². The molecule has 0 radical (unpaired) electrons. The first-order valence-corrected chi connectivity index (χ1v) is 5.83. The van der Waals surface area contributed by atoms with Crippen LogP contribution < -0.4 is 4.74 Å². The van der Waals surface area contributed by atoms with Gasteiger partial charge in [-0.15, -0.1) is 0 Å². The molecule has 0 amide bonds. The molecule has 1 rings (SSSR count). The first-order chi connectivity index (χ1) is 8.15. The first kappa shape index (κ1) is 13.9. The van der Waals surface area contributed by atoms with Crippen LogP contribution >= 0.6 is 0 Å². The van der Waals surface area contributed by atoms with Gasteiger partial charge < -0.3 is 14.6 Å². The van der Waals surface area contributed by atoms with Gasteiger partial charge in [-0.3, -0.25) is 0 Å². The van der Waals surface area contributed by atoms with Crippen molar-refractivity contribution in [3.05, 3.63) is 29.6 Å². The lowest BCUT2D eigenvalue weighted by Gasteiger charge is -2.13. The maximum absolute atomic E-state index is 13.1. The zero-order valence-electron chi connectivity index (χ0n) is 10.3. The van der Waals surface area contributed by atoms with Gasteiger partial charge in [0.1, 0.15) is 11.6 Å². The van der Waals surface area contributed by atoms with Gasteiger partial charge in [0, 0.05) is 31.3 Å².